The maximum Gasteiger partial charge on any atom is 0.239 e. The summed E-state index contributed by atoms with van der Waals surface area (Å²) in [4.78, 5) is 13.0. The average molecular weight is 315 g/mol. The number of likely N-dealkylation sites (N-methyl/N-ethyl adjacent to an activating group) is 1. The minimum absolute atomic E-state index is 0.0390. The van der Waals surface area contributed by atoms with Crippen LogP contribution in [0.3, 0.4) is 0 Å². The first kappa shape index (κ1) is 17.3. The summed E-state index contributed by atoms with van der Waals surface area (Å²) in [5, 5.41) is 2.68. The van der Waals surface area contributed by atoms with Gasteiger partial charge in [0, 0.05) is 18.2 Å². The number of amides is 1. The van der Waals surface area contributed by atoms with Crippen LogP contribution in [0.5, 0.6) is 0 Å². The van der Waals surface area contributed by atoms with Gasteiger partial charge in [-0.05, 0) is 32.9 Å². The zero-order valence-electron chi connectivity index (χ0n) is 12.2. The number of nitrogens with two attached hydrogens (primary N) is 1. The van der Waals surface area contributed by atoms with Crippen molar-refractivity contribution in [1.82, 2.24) is 5.32 Å². The van der Waals surface area contributed by atoms with Crippen molar-refractivity contribution in [1.29, 1.82) is 0 Å². The third kappa shape index (κ3) is 4.63. The number of rotatable bonds is 6. The summed E-state index contributed by atoms with van der Waals surface area (Å²) in [6, 6.07) is 2.11. The lowest BCUT2D eigenvalue weighted by atomic mass is 10.1. The Kier molecular flexibility index (Phi) is 6.02. The molecule has 1 rings (SSSR count). The van der Waals surface area contributed by atoms with Gasteiger partial charge in [-0.25, -0.2) is 8.78 Å². The predicted molar refractivity (Wildman–Crippen MR) is 83.4 cm³/mol. The molecule has 116 valence electrons. The Morgan fingerprint density at radius 1 is 1.38 bits per heavy atom. The molecule has 0 aliphatic carbocycles. The number of nitrogens with one attached hydrogen (secondary N) is 1. The van der Waals surface area contributed by atoms with Gasteiger partial charge in [0.05, 0.1) is 6.54 Å². The van der Waals surface area contributed by atoms with Gasteiger partial charge in [0.25, 0.3) is 0 Å². The second kappa shape index (κ2) is 7.31. The zero-order valence-corrected chi connectivity index (χ0v) is 13.1. The SMILES string of the molecule is CCN(CC(=O)NC(C)C)c1c(F)cc(C(N)=S)cc1F. The van der Waals surface area contributed by atoms with Gasteiger partial charge in [-0.3, -0.25) is 4.79 Å². The molecule has 0 atom stereocenters. The normalized spacial score (nSPS) is 10.6. The van der Waals surface area contributed by atoms with Gasteiger partial charge in [-0.15, -0.1) is 0 Å². The van der Waals surface area contributed by atoms with E-state index in [9.17, 15) is 13.6 Å². The minimum Gasteiger partial charge on any atom is -0.389 e. The number of carbonyl (C=O) groups excluding carboxylic acids is 1. The van der Waals surface area contributed by atoms with Gasteiger partial charge >= 0.3 is 0 Å². The summed E-state index contributed by atoms with van der Waals surface area (Å²) in [7, 11) is 0. The molecule has 7 heteroatoms. The number of hydrogen-bond acceptors (Lipinski definition) is 3. The number of carbonyl (C=O) groups is 1. The van der Waals surface area contributed by atoms with Crippen molar-refractivity contribution in [3.8, 4) is 0 Å². The molecule has 1 aromatic carbocycles. The third-order valence-corrected chi connectivity index (χ3v) is 3.02. The second-order valence-electron chi connectivity index (χ2n) is 4.89. The van der Waals surface area contributed by atoms with Crippen LogP contribution in [0.4, 0.5) is 14.5 Å². The molecular weight excluding hydrogens is 296 g/mol. The highest BCUT2D eigenvalue weighted by Gasteiger charge is 2.20. The van der Waals surface area contributed by atoms with Crippen LogP contribution in [0, 0.1) is 11.6 Å². The van der Waals surface area contributed by atoms with Gasteiger partial charge < -0.3 is 16.0 Å². The van der Waals surface area contributed by atoms with Gasteiger partial charge in [-0.1, -0.05) is 12.2 Å². The molecule has 0 unspecified atom stereocenters. The highest BCUT2D eigenvalue weighted by Crippen LogP contribution is 2.25. The lowest BCUT2D eigenvalue weighted by Gasteiger charge is -2.24. The fourth-order valence-electron chi connectivity index (χ4n) is 1.90. The maximum absolute atomic E-state index is 14.1. The molecule has 1 amide bonds. The van der Waals surface area contributed by atoms with Crippen molar-refractivity contribution >= 4 is 28.8 Å². The van der Waals surface area contributed by atoms with Crippen molar-refractivity contribution in [3.63, 3.8) is 0 Å². The monoisotopic (exact) mass is 315 g/mol. The number of halogens is 2. The second-order valence-corrected chi connectivity index (χ2v) is 5.33. The maximum atomic E-state index is 14.1. The van der Waals surface area contributed by atoms with Crippen LogP contribution in [-0.4, -0.2) is 30.0 Å². The van der Waals surface area contributed by atoms with Crippen LogP contribution in [0.15, 0.2) is 12.1 Å². The summed E-state index contributed by atoms with van der Waals surface area (Å²) >= 11 is 4.70. The lowest BCUT2D eigenvalue weighted by molar-refractivity contribution is -0.120. The van der Waals surface area contributed by atoms with E-state index in [-0.39, 0.29) is 41.3 Å². The smallest absolute Gasteiger partial charge is 0.239 e. The average Bonchev–Trinajstić information content (AvgIpc) is 2.35. The first-order chi connectivity index (χ1) is 9.76. The topological polar surface area (TPSA) is 58.4 Å². The molecule has 0 heterocycles. The molecule has 0 fully saturated rings. The molecule has 0 saturated heterocycles. The Labute approximate surface area is 128 Å². The zero-order chi connectivity index (χ0) is 16.2. The van der Waals surface area contributed by atoms with Crippen LogP contribution in [0.25, 0.3) is 0 Å². The summed E-state index contributed by atoms with van der Waals surface area (Å²) in [5.41, 5.74) is 5.23. The molecule has 0 bridgehead atoms. The number of hydrogen-bond donors (Lipinski definition) is 2. The number of anilines is 1. The number of nitrogens with zero attached hydrogens (tertiary/aromatic N) is 1. The van der Waals surface area contributed by atoms with E-state index in [4.69, 9.17) is 18.0 Å². The molecule has 0 aliphatic rings. The molecule has 1 aromatic rings. The third-order valence-electron chi connectivity index (χ3n) is 2.78. The molecule has 0 saturated carbocycles. The van der Waals surface area contributed by atoms with Gasteiger partial charge in [0.1, 0.15) is 22.3 Å². The van der Waals surface area contributed by atoms with Crippen molar-refractivity contribution in [2.45, 2.75) is 26.8 Å². The van der Waals surface area contributed by atoms with Crippen LogP contribution in [0.2, 0.25) is 0 Å². The van der Waals surface area contributed by atoms with E-state index in [0.29, 0.717) is 0 Å². The highest BCUT2D eigenvalue weighted by atomic mass is 32.1. The fraction of sp³-hybridized carbons (Fsp3) is 0.429. The first-order valence-corrected chi connectivity index (χ1v) is 7.00. The van der Waals surface area contributed by atoms with E-state index in [2.05, 4.69) is 5.32 Å². The Balaban J connectivity index is 3.06. The van der Waals surface area contributed by atoms with Crippen LogP contribution >= 0.6 is 12.2 Å². The Morgan fingerprint density at radius 3 is 2.29 bits per heavy atom. The molecular formula is C14H19F2N3OS. The molecule has 0 aromatic heterocycles. The minimum atomic E-state index is -0.794. The van der Waals surface area contributed by atoms with Crippen molar-refractivity contribution in [2.24, 2.45) is 5.73 Å². The summed E-state index contributed by atoms with van der Waals surface area (Å²) in [6.45, 7) is 5.49. The summed E-state index contributed by atoms with van der Waals surface area (Å²) in [6.07, 6.45) is 0. The predicted octanol–water partition coefficient (Wildman–Crippen LogP) is 1.95. The quantitative estimate of drug-likeness (QED) is 0.788. The van der Waals surface area contributed by atoms with Crippen LogP contribution in [0.1, 0.15) is 26.3 Å². The first-order valence-electron chi connectivity index (χ1n) is 6.59. The Bertz CT molecular complexity index is 526. The van der Waals surface area contributed by atoms with E-state index in [0.717, 1.165) is 12.1 Å². The van der Waals surface area contributed by atoms with E-state index in [1.807, 2.05) is 13.8 Å². The van der Waals surface area contributed by atoms with Crippen LogP contribution < -0.4 is 16.0 Å². The van der Waals surface area contributed by atoms with Crippen molar-refractivity contribution < 1.29 is 13.6 Å². The van der Waals surface area contributed by atoms with Crippen LogP contribution in [-0.2, 0) is 4.79 Å². The summed E-state index contributed by atoms with van der Waals surface area (Å²) in [5.74, 6) is -1.89. The molecule has 4 nitrogen and oxygen atoms in total. The molecule has 3 N–H and O–H groups in total. The van der Waals surface area contributed by atoms with E-state index in [1.165, 1.54) is 4.90 Å². The Hall–Kier alpha value is -1.76. The van der Waals surface area contributed by atoms with E-state index < -0.39 is 11.6 Å². The van der Waals surface area contributed by atoms with Gasteiger partial charge in [0.15, 0.2) is 0 Å². The number of benzene rings is 1. The molecule has 21 heavy (non-hydrogen) atoms. The lowest BCUT2D eigenvalue weighted by Crippen LogP contribution is -2.40. The van der Waals surface area contributed by atoms with Gasteiger partial charge in [-0.2, -0.15) is 0 Å². The fourth-order valence-corrected chi connectivity index (χ4v) is 2.02. The summed E-state index contributed by atoms with van der Waals surface area (Å²) < 4.78 is 28.2. The molecule has 0 spiro atoms. The van der Waals surface area contributed by atoms with Crippen molar-refractivity contribution in [3.05, 3.63) is 29.3 Å². The number of thiocarbonyl (C=S) groups is 1. The van der Waals surface area contributed by atoms with E-state index in [1.54, 1.807) is 6.92 Å². The highest BCUT2D eigenvalue weighted by molar-refractivity contribution is 7.80. The molecule has 0 radical (unpaired) electrons. The largest absolute Gasteiger partial charge is 0.389 e. The van der Waals surface area contributed by atoms with Gasteiger partial charge in [0.2, 0.25) is 5.91 Å². The van der Waals surface area contributed by atoms with Crippen molar-refractivity contribution in [2.75, 3.05) is 18.0 Å². The Morgan fingerprint density at radius 2 is 1.90 bits per heavy atom. The van der Waals surface area contributed by atoms with E-state index >= 15 is 0 Å². The molecule has 0 aliphatic heterocycles. The standard InChI is InChI=1S/C14H19F2N3OS/c1-4-19(7-12(20)18-8(2)3)13-10(15)5-9(14(17)21)6-11(13)16/h5-6,8H,4,7H2,1-3H3,(H2,17,21)(H,18,20).